The highest BCUT2D eigenvalue weighted by Crippen LogP contribution is 2.25. The van der Waals surface area contributed by atoms with Gasteiger partial charge in [-0.1, -0.05) is 32.0 Å². The lowest BCUT2D eigenvalue weighted by Crippen LogP contribution is -2.06. The van der Waals surface area contributed by atoms with Crippen LogP contribution in [-0.2, 0) is 6.54 Å². The van der Waals surface area contributed by atoms with Crippen LogP contribution in [-0.4, -0.2) is 9.38 Å². The van der Waals surface area contributed by atoms with Gasteiger partial charge in [-0.25, -0.2) is 4.98 Å². The normalized spacial score (nSPS) is 11.4. The minimum absolute atomic E-state index is 0.520. The van der Waals surface area contributed by atoms with E-state index < -0.39 is 0 Å². The molecule has 1 N–H and O–H groups in total. The molecule has 0 aliphatic heterocycles. The first kappa shape index (κ1) is 13.2. The molecule has 1 aromatic carbocycles. The van der Waals surface area contributed by atoms with Crippen LogP contribution in [0.5, 0.6) is 0 Å². The predicted molar refractivity (Wildman–Crippen MR) is 85.7 cm³/mol. The molecule has 0 saturated carbocycles. The summed E-state index contributed by atoms with van der Waals surface area (Å²) >= 11 is 1.68. The van der Waals surface area contributed by atoms with Crippen molar-refractivity contribution in [2.75, 3.05) is 5.32 Å². The Balaban J connectivity index is 1.86. The summed E-state index contributed by atoms with van der Waals surface area (Å²) in [6.07, 6.45) is 2.09. The van der Waals surface area contributed by atoms with Crippen LogP contribution in [0.25, 0.3) is 4.96 Å². The van der Waals surface area contributed by atoms with Crippen molar-refractivity contribution in [1.29, 1.82) is 0 Å². The van der Waals surface area contributed by atoms with Gasteiger partial charge in [0.25, 0.3) is 0 Å². The molecule has 3 nitrogen and oxygen atoms in total. The topological polar surface area (TPSA) is 29.3 Å². The number of rotatable bonds is 4. The molecule has 0 bridgehead atoms. The van der Waals surface area contributed by atoms with Crippen molar-refractivity contribution >= 4 is 22.0 Å². The van der Waals surface area contributed by atoms with Crippen LogP contribution in [0.4, 0.5) is 5.69 Å². The van der Waals surface area contributed by atoms with Gasteiger partial charge in [0.15, 0.2) is 4.96 Å². The molecule has 0 atom stereocenters. The fourth-order valence-corrected chi connectivity index (χ4v) is 3.27. The second kappa shape index (κ2) is 5.29. The molecule has 0 unspecified atom stereocenters. The van der Waals surface area contributed by atoms with Crippen molar-refractivity contribution in [2.45, 2.75) is 33.2 Å². The average Bonchev–Trinajstić information content (AvgIpc) is 2.97. The molecular formula is C16H19N3S. The zero-order chi connectivity index (χ0) is 14.1. The number of benzene rings is 1. The Kier molecular flexibility index (Phi) is 3.49. The van der Waals surface area contributed by atoms with Gasteiger partial charge in [-0.05, 0) is 24.5 Å². The molecule has 0 aliphatic rings. The van der Waals surface area contributed by atoms with E-state index in [4.69, 9.17) is 0 Å². The van der Waals surface area contributed by atoms with E-state index >= 15 is 0 Å². The van der Waals surface area contributed by atoms with Crippen LogP contribution >= 0.6 is 11.3 Å². The molecule has 4 heteroatoms. The van der Waals surface area contributed by atoms with Crippen molar-refractivity contribution in [2.24, 2.45) is 0 Å². The van der Waals surface area contributed by atoms with E-state index in [9.17, 15) is 0 Å². The minimum atomic E-state index is 0.520. The molecule has 2 heterocycles. The number of nitrogens with one attached hydrogen (secondary N) is 1. The molecule has 3 aromatic rings. The zero-order valence-corrected chi connectivity index (χ0v) is 12.9. The third-order valence-electron chi connectivity index (χ3n) is 3.59. The molecule has 0 saturated heterocycles. The largest absolute Gasteiger partial charge is 0.379 e. The van der Waals surface area contributed by atoms with Gasteiger partial charge in [-0.15, -0.1) is 11.3 Å². The number of hydrogen-bond donors (Lipinski definition) is 1. The molecule has 0 amide bonds. The summed E-state index contributed by atoms with van der Waals surface area (Å²) < 4.78 is 2.17. The Morgan fingerprint density at radius 1 is 1.30 bits per heavy atom. The number of fused-ring (bicyclic) bond motifs is 1. The molecule has 20 heavy (non-hydrogen) atoms. The van der Waals surface area contributed by atoms with Crippen LogP contribution in [0.3, 0.4) is 0 Å². The molecule has 2 aromatic heterocycles. The predicted octanol–water partition coefficient (Wildman–Crippen LogP) is 4.44. The number of imidazole rings is 1. The van der Waals surface area contributed by atoms with Gasteiger partial charge in [-0.2, -0.15) is 0 Å². The van der Waals surface area contributed by atoms with E-state index in [-0.39, 0.29) is 0 Å². The number of aryl methyl sites for hydroxylation is 1. The van der Waals surface area contributed by atoms with E-state index in [0.717, 1.165) is 17.2 Å². The fourth-order valence-electron chi connectivity index (χ4n) is 2.49. The third kappa shape index (κ3) is 2.31. The Morgan fingerprint density at radius 2 is 2.10 bits per heavy atom. The number of thiazole rings is 1. The van der Waals surface area contributed by atoms with Gasteiger partial charge >= 0.3 is 0 Å². The van der Waals surface area contributed by atoms with Gasteiger partial charge in [0.2, 0.25) is 0 Å². The van der Waals surface area contributed by atoms with Gasteiger partial charge in [0, 0.05) is 17.3 Å². The highest BCUT2D eigenvalue weighted by atomic mass is 32.1. The van der Waals surface area contributed by atoms with Gasteiger partial charge in [0.05, 0.1) is 17.9 Å². The lowest BCUT2D eigenvalue weighted by molar-refractivity contribution is 0.863. The van der Waals surface area contributed by atoms with Crippen molar-refractivity contribution in [3.8, 4) is 0 Å². The van der Waals surface area contributed by atoms with E-state index in [1.54, 1.807) is 11.3 Å². The summed E-state index contributed by atoms with van der Waals surface area (Å²) in [7, 11) is 0. The Bertz CT molecular complexity index is 724. The summed E-state index contributed by atoms with van der Waals surface area (Å²) in [6.45, 7) is 7.32. The summed E-state index contributed by atoms with van der Waals surface area (Å²) in [4.78, 5) is 5.65. The summed E-state index contributed by atoms with van der Waals surface area (Å²) in [5.41, 5.74) is 4.91. The average molecular weight is 285 g/mol. The van der Waals surface area contributed by atoms with E-state index in [1.807, 2.05) is 0 Å². The van der Waals surface area contributed by atoms with Crippen molar-refractivity contribution in [1.82, 2.24) is 9.38 Å². The Hall–Kier alpha value is -1.81. The van der Waals surface area contributed by atoms with Crippen molar-refractivity contribution in [3.05, 3.63) is 52.8 Å². The molecule has 3 rings (SSSR count). The summed E-state index contributed by atoms with van der Waals surface area (Å²) in [6, 6.07) is 8.52. The molecule has 0 radical (unpaired) electrons. The summed E-state index contributed by atoms with van der Waals surface area (Å²) in [5, 5.41) is 5.64. The SMILES string of the molecule is Cc1nc2sccn2c1CNc1ccccc1C(C)C. The number of anilines is 1. The monoisotopic (exact) mass is 285 g/mol. The molecule has 104 valence electrons. The lowest BCUT2D eigenvalue weighted by Gasteiger charge is -2.14. The third-order valence-corrected chi connectivity index (χ3v) is 4.35. The van der Waals surface area contributed by atoms with Crippen LogP contribution < -0.4 is 5.32 Å². The second-order valence-corrected chi connectivity index (χ2v) is 6.17. The first-order chi connectivity index (χ1) is 9.66. The quantitative estimate of drug-likeness (QED) is 0.768. The molecule has 0 fully saturated rings. The number of hydrogen-bond acceptors (Lipinski definition) is 3. The maximum atomic E-state index is 4.58. The van der Waals surface area contributed by atoms with E-state index in [0.29, 0.717) is 5.92 Å². The van der Waals surface area contributed by atoms with Gasteiger partial charge in [0.1, 0.15) is 0 Å². The molecule has 0 spiro atoms. The Morgan fingerprint density at radius 3 is 2.90 bits per heavy atom. The highest BCUT2D eigenvalue weighted by molar-refractivity contribution is 7.15. The zero-order valence-electron chi connectivity index (χ0n) is 12.1. The number of aromatic nitrogens is 2. The van der Waals surface area contributed by atoms with Crippen molar-refractivity contribution in [3.63, 3.8) is 0 Å². The van der Waals surface area contributed by atoms with Crippen LogP contribution in [0.15, 0.2) is 35.8 Å². The standard InChI is InChI=1S/C16H19N3S/c1-11(2)13-6-4-5-7-14(13)17-10-15-12(3)18-16-19(15)8-9-20-16/h4-9,11,17H,10H2,1-3H3. The first-order valence-electron chi connectivity index (χ1n) is 6.90. The number of para-hydroxylation sites is 1. The highest BCUT2D eigenvalue weighted by Gasteiger charge is 2.10. The second-order valence-electron chi connectivity index (χ2n) is 5.29. The molecular weight excluding hydrogens is 266 g/mol. The summed E-state index contributed by atoms with van der Waals surface area (Å²) in [5.74, 6) is 0.520. The molecule has 0 aliphatic carbocycles. The maximum Gasteiger partial charge on any atom is 0.194 e. The van der Waals surface area contributed by atoms with Crippen molar-refractivity contribution < 1.29 is 0 Å². The van der Waals surface area contributed by atoms with Gasteiger partial charge < -0.3 is 5.32 Å². The van der Waals surface area contributed by atoms with E-state index in [1.165, 1.54) is 16.9 Å². The number of nitrogens with zero attached hydrogens (tertiary/aromatic N) is 2. The first-order valence-corrected chi connectivity index (χ1v) is 7.78. The smallest absolute Gasteiger partial charge is 0.194 e. The lowest BCUT2D eigenvalue weighted by atomic mass is 10.0. The van der Waals surface area contributed by atoms with Crippen LogP contribution in [0, 0.1) is 6.92 Å². The minimum Gasteiger partial charge on any atom is -0.379 e. The van der Waals surface area contributed by atoms with Crippen LogP contribution in [0.1, 0.15) is 36.7 Å². The maximum absolute atomic E-state index is 4.58. The fraction of sp³-hybridized carbons (Fsp3) is 0.312. The van der Waals surface area contributed by atoms with E-state index in [2.05, 4.69) is 71.3 Å². The van der Waals surface area contributed by atoms with Crippen LogP contribution in [0.2, 0.25) is 0 Å². The van der Waals surface area contributed by atoms with Gasteiger partial charge in [-0.3, -0.25) is 4.40 Å². The Labute approximate surface area is 123 Å².